The van der Waals surface area contributed by atoms with E-state index in [9.17, 15) is 4.79 Å². The van der Waals surface area contributed by atoms with Crippen molar-refractivity contribution in [3.63, 3.8) is 0 Å². The summed E-state index contributed by atoms with van der Waals surface area (Å²) in [5.74, 6) is -0.198. The molecule has 0 unspecified atom stereocenters. The molecule has 1 heterocycles. The van der Waals surface area contributed by atoms with Crippen LogP contribution in [-0.2, 0) is 9.53 Å². The van der Waals surface area contributed by atoms with Crippen molar-refractivity contribution in [1.29, 1.82) is 0 Å². The van der Waals surface area contributed by atoms with E-state index in [0.717, 1.165) is 13.0 Å². The van der Waals surface area contributed by atoms with E-state index in [-0.39, 0.29) is 5.97 Å². The average Bonchev–Trinajstić information content (AvgIpc) is 2.57. The minimum atomic E-state index is -0.198. The zero-order valence-corrected chi connectivity index (χ0v) is 8.30. The highest BCUT2D eigenvalue weighted by Crippen LogP contribution is 2.09. The lowest BCUT2D eigenvalue weighted by Gasteiger charge is -2.06. The van der Waals surface area contributed by atoms with E-state index in [1.165, 1.54) is 6.42 Å². The molecule has 74 valence electrons. The first-order valence-corrected chi connectivity index (χ1v) is 4.83. The number of nitrogens with one attached hydrogen (secondary N) is 1. The summed E-state index contributed by atoms with van der Waals surface area (Å²) in [4.78, 5) is 11.2. The number of hydrogen-bond acceptors (Lipinski definition) is 3. The summed E-state index contributed by atoms with van der Waals surface area (Å²) >= 11 is 0. The molecular weight excluding hydrogens is 166 g/mol. The van der Waals surface area contributed by atoms with E-state index in [0.29, 0.717) is 18.2 Å². The van der Waals surface area contributed by atoms with Crippen molar-refractivity contribution >= 4 is 5.97 Å². The number of hydrogen-bond donors (Lipinski definition) is 1. The summed E-state index contributed by atoms with van der Waals surface area (Å²) in [6, 6.07) is 0.365. The molecule has 1 aliphatic heterocycles. The molecule has 0 saturated carbocycles. The van der Waals surface area contributed by atoms with Crippen molar-refractivity contribution in [3.8, 4) is 0 Å². The first-order chi connectivity index (χ1) is 6.24. The van der Waals surface area contributed by atoms with Crippen molar-refractivity contribution in [2.45, 2.75) is 32.7 Å². The number of rotatable bonds is 3. The normalized spacial score (nSPS) is 23.2. The Labute approximate surface area is 79.2 Å². The number of esters is 1. The van der Waals surface area contributed by atoms with Crippen molar-refractivity contribution in [2.24, 2.45) is 0 Å². The predicted octanol–water partition coefficient (Wildman–Crippen LogP) is 1.25. The second kappa shape index (κ2) is 5.02. The summed E-state index contributed by atoms with van der Waals surface area (Å²) in [5.41, 5.74) is 0.709. The molecule has 1 fully saturated rings. The monoisotopic (exact) mass is 183 g/mol. The number of carbonyl (C=O) groups is 1. The van der Waals surface area contributed by atoms with Crippen LogP contribution in [0.4, 0.5) is 0 Å². The fourth-order valence-corrected chi connectivity index (χ4v) is 1.47. The predicted molar refractivity (Wildman–Crippen MR) is 51.4 cm³/mol. The van der Waals surface area contributed by atoms with Crippen LogP contribution in [-0.4, -0.2) is 25.2 Å². The molecule has 0 spiro atoms. The van der Waals surface area contributed by atoms with Gasteiger partial charge in [-0.25, -0.2) is 4.79 Å². The lowest BCUT2D eigenvalue weighted by molar-refractivity contribution is -0.138. The van der Waals surface area contributed by atoms with Crippen LogP contribution in [0.25, 0.3) is 0 Å². The van der Waals surface area contributed by atoms with Crippen LogP contribution in [0, 0.1) is 0 Å². The molecule has 1 aliphatic rings. The zero-order valence-electron chi connectivity index (χ0n) is 8.30. The highest BCUT2D eigenvalue weighted by molar-refractivity contribution is 5.87. The van der Waals surface area contributed by atoms with Gasteiger partial charge < -0.3 is 10.1 Å². The Hall–Kier alpha value is -0.830. The lowest BCUT2D eigenvalue weighted by Crippen LogP contribution is -2.20. The molecule has 0 amide bonds. The standard InChI is InChI=1S/C10H17NO2/c1-3-13-10(12)8(2)7-9-5-4-6-11-9/h7,9,11H,3-6H2,1-2H3/b8-7+/t9-/m0/s1. The molecule has 1 rings (SSSR count). The van der Waals surface area contributed by atoms with E-state index in [2.05, 4.69) is 5.32 Å². The Balaban J connectivity index is 2.44. The SMILES string of the molecule is CCOC(=O)/C(C)=C/[C@@H]1CCCN1. The van der Waals surface area contributed by atoms with Gasteiger partial charge in [0, 0.05) is 11.6 Å². The fraction of sp³-hybridized carbons (Fsp3) is 0.700. The molecule has 0 aromatic heterocycles. The Bertz CT molecular complexity index is 205. The molecule has 0 aliphatic carbocycles. The van der Waals surface area contributed by atoms with Crippen LogP contribution in [0.15, 0.2) is 11.6 Å². The molecule has 3 heteroatoms. The maximum atomic E-state index is 11.2. The molecule has 0 aromatic carbocycles. The van der Waals surface area contributed by atoms with Gasteiger partial charge in [-0.15, -0.1) is 0 Å². The second-order valence-corrected chi connectivity index (χ2v) is 3.27. The van der Waals surface area contributed by atoms with Crippen molar-refractivity contribution in [2.75, 3.05) is 13.2 Å². The third-order valence-corrected chi connectivity index (χ3v) is 2.15. The van der Waals surface area contributed by atoms with Gasteiger partial charge in [-0.1, -0.05) is 6.08 Å². The van der Waals surface area contributed by atoms with Crippen LogP contribution in [0.2, 0.25) is 0 Å². The minimum Gasteiger partial charge on any atom is -0.463 e. The molecule has 3 nitrogen and oxygen atoms in total. The highest BCUT2D eigenvalue weighted by atomic mass is 16.5. The van der Waals surface area contributed by atoms with E-state index in [4.69, 9.17) is 4.74 Å². The summed E-state index contributed by atoms with van der Waals surface area (Å²) in [7, 11) is 0. The fourth-order valence-electron chi connectivity index (χ4n) is 1.47. The van der Waals surface area contributed by atoms with E-state index < -0.39 is 0 Å². The van der Waals surface area contributed by atoms with Crippen LogP contribution in [0.5, 0.6) is 0 Å². The second-order valence-electron chi connectivity index (χ2n) is 3.27. The minimum absolute atomic E-state index is 0.198. The van der Waals surface area contributed by atoms with Gasteiger partial charge in [0.15, 0.2) is 0 Å². The molecule has 0 bridgehead atoms. The topological polar surface area (TPSA) is 38.3 Å². The van der Waals surface area contributed by atoms with Crippen LogP contribution < -0.4 is 5.32 Å². The summed E-state index contributed by atoms with van der Waals surface area (Å²) in [6.45, 7) is 5.12. The molecular formula is C10H17NO2. The largest absolute Gasteiger partial charge is 0.463 e. The smallest absolute Gasteiger partial charge is 0.333 e. The number of ether oxygens (including phenoxy) is 1. The first-order valence-electron chi connectivity index (χ1n) is 4.83. The molecule has 1 atom stereocenters. The van der Waals surface area contributed by atoms with Gasteiger partial charge in [0.25, 0.3) is 0 Å². The average molecular weight is 183 g/mol. The van der Waals surface area contributed by atoms with Gasteiger partial charge >= 0.3 is 5.97 Å². The summed E-state index contributed by atoms with van der Waals surface area (Å²) < 4.78 is 4.88. The van der Waals surface area contributed by atoms with Gasteiger partial charge in [-0.3, -0.25) is 0 Å². The lowest BCUT2D eigenvalue weighted by atomic mass is 10.1. The summed E-state index contributed by atoms with van der Waals surface area (Å²) in [6.07, 6.45) is 4.28. The third kappa shape index (κ3) is 3.19. The van der Waals surface area contributed by atoms with Crippen molar-refractivity contribution in [1.82, 2.24) is 5.32 Å². The van der Waals surface area contributed by atoms with E-state index >= 15 is 0 Å². The van der Waals surface area contributed by atoms with E-state index in [1.54, 1.807) is 6.92 Å². The maximum absolute atomic E-state index is 11.2. The highest BCUT2D eigenvalue weighted by Gasteiger charge is 2.13. The van der Waals surface area contributed by atoms with E-state index in [1.807, 2.05) is 13.0 Å². The third-order valence-electron chi connectivity index (χ3n) is 2.15. The van der Waals surface area contributed by atoms with Gasteiger partial charge in [0.05, 0.1) is 6.61 Å². The van der Waals surface area contributed by atoms with Gasteiger partial charge in [-0.05, 0) is 33.2 Å². The maximum Gasteiger partial charge on any atom is 0.333 e. The molecule has 1 saturated heterocycles. The summed E-state index contributed by atoms with van der Waals surface area (Å²) in [5, 5.41) is 3.30. The Morgan fingerprint density at radius 2 is 2.46 bits per heavy atom. The van der Waals surface area contributed by atoms with Crippen molar-refractivity contribution < 1.29 is 9.53 Å². The van der Waals surface area contributed by atoms with Gasteiger partial charge in [0.1, 0.15) is 0 Å². The first kappa shape index (κ1) is 10.3. The van der Waals surface area contributed by atoms with Gasteiger partial charge in [-0.2, -0.15) is 0 Å². The van der Waals surface area contributed by atoms with Crippen molar-refractivity contribution in [3.05, 3.63) is 11.6 Å². The Morgan fingerprint density at radius 1 is 1.69 bits per heavy atom. The van der Waals surface area contributed by atoms with Crippen LogP contribution >= 0.6 is 0 Å². The molecule has 0 radical (unpaired) electrons. The quantitative estimate of drug-likeness (QED) is 0.528. The molecule has 1 N–H and O–H groups in total. The Kier molecular flexibility index (Phi) is 3.96. The van der Waals surface area contributed by atoms with Crippen LogP contribution in [0.1, 0.15) is 26.7 Å². The Morgan fingerprint density at radius 3 is 3.00 bits per heavy atom. The van der Waals surface area contributed by atoms with Crippen LogP contribution in [0.3, 0.4) is 0 Å². The van der Waals surface area contributed by atoms with Gasteiger partial charge in [0.2, 0.25) is 0 Å². The number of carbonyl (C=O) groups excluding carboxylic acids is 1. The zero-order chi connectivity index (χ0) is 9.68. The molecule has 13 heavy (non-hydrogen) atoms. The molecule has 0 aromatic rings.